The Hall–Kier alpha value is -2.03. The molecule has 2 aliphatic heterocycles. The first kappa shape index (κ1) is 20.3. The molecule has 3 fully saturated rings. The summed E-state index contributed by atoms with van der Waals surface area (Å²) in [5.41, 5.74) is -2.05. The molecule has 1 aliphatic carbocycles. The van der Waals surface area contributed by atoms with Crippen LogP contribution in [0.4, 0.5) is 22.4 Å². The van der Waals surface area contributed by atoms with Gasteiger partial charge in [-0.2, -0.15) is 0 Å². The Bertz CT molecular complexity index is 849. The van der Waals surface area contributed by atoms with E-state index in [1.807, 2.05) is 0 Å². The molecular weight excluding hydrogens is 416 g/mol. The van der Waals surface area contributed by atoms with E-state index in [0.29, 0.717) is 0 Å². The van der Waals surface area contributed by atoms with Gasteiger partial charge in [0.15, 0.2) is 0 Å². The van der Waals surface area contributed by atoms with Crippen LogP contribution in [0.3, 0.4) is 0 Å². The minimum Gasteiger partial charge on any atom is -0.449 e. The predicted molar refractivity (Wildman–Crippen MR) is 95.0 cm³/mol. The van der Waals surface area contributed by atoms with E-state index >= 15 is 8.78 Å². The van der Waals surface area contributed by atoms with E-state index in [9.17, 15) is 18.4 Å². The molecule has 1 aromatic carbocycles. The Morgan fingerprint density at radius 1 is 1.34 bits per heavy atom. The summed E-state index contributed by atoms with van der Waals surface area (Å²) in [6.07, 6.45) is -2.73. The summed E-state index contributed by atoms with van der Waals surface area (Å²) < 4.78 is 62.9. The monoisotopic (exact) mass is 434 g/mol. The average molecular weight is 435 g/mol. The second-order valence-corrected chi connectivity index (χ2v) is 8.26. The van der Waals surface area contributed by atoms with Crippen molar-refractivity contribution in [2.24, 2.45) is 5.92 Å². The van der Waals surface area contributed by atoms with Gasteiger partial charge in [0.25, 0.3) is 5.92 Å². The highest BCUT2D eigenvalue weighted by atomic mass is 35.5. The smallest absolute Gasteiger partial charge is 0.407 e. The van der Waals surface area contributed by atoms with E-state index in [0.717, 1.165) is 4.90 Å². The van der Waals surface area contributed by atoms with Gasteiger partial charge in [0.2, 0.25) is 5.91 Å². The number of alkyl halides is 3. The van der Waals surface area contributed by atoms with Crippen LogP contribution in [-0.2, 0) is 16.0 Å². The second kappa shape index (κ2) is 7.04. The average Bonchev–Trinajstić information content (AvgIpc) is 2.83. The zero-order valence-corrected chi connectivity index (χ0v) is 16.0. The van der Waals surface area contributed by atoms with Crippen molar-refractivity contribution >= 4 is 23.6 Å². The van der Waals surface area contributed by atoms with Gasteiger partial charge < -0.3 is 15.0 Å². The highest BCUT2D eigenvalue weighted by molar-refractivity contribution is 6.30. The van der Waals surface area contributed by atoms with Crippen molar-refractivity contribution in [3.05, 3.63) is 34.6 Å². The minimum absolute atomic E-state index is 0.0262. The van der Waals surface area contributed by atoms with Crippen LogP contribution in [-0.4, -0.2) is 53.7 Å². The Morgan fingerprint density at radius 2 is 2.07 bits per heavy atom. The Kier molecular flexibility index (Phi) is 4.91. The number of alkyl carbamates (subject to hydrolysis) is 1. The normalized spacial score (nSPS) is 33.2. The van der Waals surface area contributed by atoms with E-state index in [-0.39, 0.29) is 42.9 Å². The van der Waals surface area contributed by atoms with Gasteiger partial charge in [-0.1, -0.05) is 23.7 Å². The first-order valence-electron chi connectivity index (χ1n) is 9.35. The maximum Gasteiger partial charge on any atom is 0.407 e. The fraction of sp³-hybridized carbons (Fsp3) is 0.579. The summed E-state index contributed by atoms with van der Waals surface area (Å²) in [7, 11) is 0. The number of nitrogens with zero attached hydrogens (tertiary/aromatic N) is 1. The van der Waals surface area contributed by atoms with E-state index in [1.165, 1.54) is 18.2 Å². The van der Waals surface area contributed by atoms with Crippen LogP contribution in [0.1, 0.15) is 24.8 Å². The van der Waals surface area contributed by atoms with E-state index in [1.54, 1.807) is 0 Å². The van der Waals surface area contributed by atoms with Crippen LogP contribution in [0.15, 0.2) is 18.2 Å². The van der Waals surface area contributed by atoms with Crippen LogP contribution in [0, 0.1) is 11.7 Å². The van der Waals surface area contributed by atoms with Gasteiger partial charge in [-0.25, -0.2) is 22.4 Å². The number of rotatable bonds is 3. The molecular formula is C19H19ClF4N2O3. The van der Waals surface area contributed by atoms with Gasteiger partial charge in [0.1, 0.15) is 17.5 Å². The van der Waals surface area contributed by atoms with Gasteiger partial charge in [-0.15, -0.1) is 0 Å². The van der Waals surface area contributed by atoms with Crippen molar-refractivity contribution in [3.63, 3.8) is 0 Å². The van der Waals surface area contributed by atoms with Crippen LogP contribution < -0.4 is 5.32 Å². The zero-order chi connectivity index (χ0) is 21.0. The number of amides is 2. The van der Waals surface area contributed by atoms with Crippen LogP contribution >= 0.6 is 11.6 Å². The first-order chi connectivity index (χ1) is 13.6. The minimum atomic E-state index is -3.47. The van der Waals surface area contributed by atoms with Crippen LogP contribution in [0.2, 0.25) is 5.02 Å². The molecule has 1 saturated carbocycles. The molecule has 0 bridgehead atoms. The molecule has 2 saturated heterocycles. The Morgan fingerprint density at radius 3 is 2.72 bits per heavy atom. The molecule has 2 amide bonds. The number of hydrogen-bond donors (Lipinski definition) is 1. The van der Waals surface area contributed by atoms with Crippen molar-refractivity contribution in [1.29, 1.82) is 0 Å². The molecule has 2 heterocycles. The maximum atomic E-state index is 15.2. The third-order valence-corrected chi connectivity index (χ3v) is 6.47. The molecule has 29 heavy (non-hydrogen) atoms. The highest BCUT2D eigenvalue weighted by Crippen LogP contribution is 2.48. The molecule has 2 atom stereocenters. The van der Waals surface area contributed by atoms with Gasteiger partial charge >= 0.3 is 6.09 Å². The Balaban J connectivity index is 1.73. The number of likely N-dealkylation sites (tertiary alicyclic amines) is 1. The largest absolute Gasteiger partial charge is 0.449 e. The molecule has 5 nitrogen and oxygen atoms in total. The predicted octanol–water partition coefficient (Wildman–Crippen LogP) is 3.48. The summed E-state index contributed by atoms with van der Waals surface area (Å²) in [4.78, 5) is 25.7. The summed E-state index contributed by atoms with van der Waals surface area (Å²) in [6.45, 7) is -1.19. The molecule has 4 rings (SSSR count). The molecule has 0 radical (unpaired) electrons. The summed E-state index contributed by atoms with van der Waals surface area (Å²) in [6, 6.07) is 2.98. The topological polar surface area (TPSA) is 58.6 Å². The van der Waals surface area contributed by atoms with E-state index < -0.39 is 54.0 Å². The Labute approximate surface area is 169 Å². The van der Waals surface area contributed by atoms with Gasteiger partial charge in [-0.05, 0) is 30.9 Å². The SMILES string of the molecule is O=C1NC2(CCO1)C(Cc1cccc(Cl)c1F)N(C(=O)[C@H]1C[C@@H](F)C1)CC2(F)F. The number of cyclic esters (lactones) is 1. The van der Waals surface area contributed by atoms with Crippen molar-refractivity contribution in [2.45, 2.75) is 49.4 Å². The highest BCUT2D eigenvalue weighted by Gasteiger charge is 2.69. The van der Waals surface area contributed by atoms with Crippen molar-refractivity contribution in [3.8, 4) is 0 Å². The lowest BCUT2D eigenvalue weighted by Gasteiger charge is -2.43. The lowest BCUT2D eigenvalue weighted by atomic mass is 9.79. The molecule has 1 aromatic rings. The van der Waals surface area contributed by atoms with Crippen molar-refractivity contribution in [2.75, 3.05) is 13.2 Å². The second-order valence-electron chi connectivity index (χ2n) is 7.85. The molecule has 158 valence electrons. The quantitative estimate of drug-likeness (QED) is 0.741. The van der Waals surface area contributed by atoms with Crippen molar-refractivity contribution < 1.29 is 31.9 Å². The van der Waals surface area contributed by atoms with Gasteiger partial charge in [-0.3, -0.25) is 4.79 Å². The first-order valence-corrected chi connectivity index (χ1v) is 9.72. The molecule has 1 N–H and O–H groups in total. The third-order valence-electron chi connectivity index (χ3n) is 6.18. The maximum absolute atomic E-state index is 15.2. The summed E-state index contributed by atoms with van der Waals surface area (Å²) in [5, 5.41) is 2.05. The van der Waals surface area contributed by atoms with Crippen LogP contribution in [0.5, 0.6) is 0 Å². The zero-order valence-electron chi connectivity index (χ0n) is 15.3. The fourth-order valence-corrected chi connectivity index (χ4v) is 4.69. The molecule has 10 heteroatoms. The number of hydrogen-bond acceptors (Lipinski definition) is 3. The fourth-order valence-electron chi connectivity index (χ4n) is 4.50. The molecule has 1 spiro atoms. The number of carbonyl (C=O) groups is 2. The number of halogens is 5. The number of ether oxygens (including phenoxy) is 1. The lowest BCUT2D eigenvalue weighted by molar-refractivity contribution is -0.142. The number of carbonyl (C=O) groups excluding carboxylic acids is 2. The third kappa shape index (κ3) is 3.23. The van der Waals surface area contributed by atoms with Gasteiger partial charge in [0.05, 0.1) is 24.2 Å². The molecule has 2 unspecified atom stereocenters. The van der Waals surface area contributed by atoms with E-state index in [4.69, 9.17) is 16.3 Å². The van der Waals surface area contributed by atoms with E-state index in [2.05, 4.69) is 5.32 Å². The molecule has 3 aliphatic rings. The van der Waals surface area contributed by atoms with Gasteiger partial charge in [0, 0.05) is 12.3 Å². The summed E-state index contributed by atoms with van der Waals surface area (Å²) in [5.74, 6) is -5.54. The number of nitrogens with one attached hydrogen (secondary N) is 1. The van der Waals surface area contributed by atoms with Crippen molar-refractivity contribution in [1.82, 2.24) is 10.2 Å². The lowest BCUT2D eigenvalue weighted by Crippen LogP contribution is -2.68. The summed E-state index contributed by atoms with van der Waals surface area (Å²) >= 11 is 5.82. The molecule has 0 aromatic heterocycles. The number of benzene rings is 1. The van der Waals surface area contributed by atoms with Crippen LogP contribution in [0.25, 0.3) is 0 Å². The standard InChI is InChI=1S/C19H19ClF4N2O3/c20-13-3-1-2-10(15(13)22)8-14-18(4-5-29-17(28)25-18)19(23,24)9-26(14)16(27)11-6-12(21)7-11/h1-3,11-12,14H,4-9H2,(H,25,28)/t11-,12+,14?,18?.